The van der Waals surface area contributed by atoms with E-state index >= 15 is 0 Å². The van der Waals surface area contributed by atoms with E-state index in [0.717, 1.165) is 34.5 Å². The molecule has 0 atom stereocenters. The van der Waals surface area contributed by atoms with Crippen LogP contribution in [0.25, 0.3) is 16.7 Å². The predicted octanol–water partition coefficient (Wildman–Crippen LogP) is 5.47. The third-order valence-corrected chi connectivity index (χ3v) is 5.51. The number of para-hydroxylation sites is 2. The Morgan fingerprint density at radius 3 is 2.74 bits per heavy atom. The van der Waals surface area contributed by atoms with Gasteiger partial charge in [-0.3, -0.25) is 10.1 Å². The Labute approximate surface area is 183 Å². The van der Waals surface area contributed by atoms with Crippen LogP contribution in [0.15, 0.2) is 53.6 Å². The summed E-state index contributed by atoms with van der Waals surface area (Å²) in [4.78, 5) is 15.4. The van der Waals surface area contributed by atoms with Crippen LogP contribution in [0.1, 0.15) is 23.9 Å². The summed E-state index contributed by atoms with van der Waals surface area (Å²) in [6, 6.07) is 14.7. The lowest BCUT2D eigenvalue weighted by Gasteiger charge is -2.10. The van der Waals surface area contributed by atoms with E-state index in [4.69, 9.17) is 11.6 Å². The van der Waals surface area contributed by atoms with Crippen molar-refractivity contribution in [1.82, 2.24) is 14.1 Å². The second-order valence-corrected chi connectivity index (χ2v) is 7.50. The first-order valence-electron chi connectivity index (χ1n) is 9.78. The standard InChI is InChI=1S/C22H21ClN6O2/c1-4-27-20-8-6-5-7-19(20)25-22(27)26-24-13-16-11-14(2)28(15(16)3)17-9-10-18(23)21(12-17)29(30)31/h5-13H,4H2,1-3H3,(H,25,26)/b24-13-. The Kier molecular flexibility index (Phi) is 5.48. The maximum atomic E-state index is 11.2. The zero-order valence-electron chi connectivity index (χ0n) is 17.3. The Morgan fingerprint density at radius 1 is 1.23 bits per heavy atom. The summed E-state index contributed by atoms with van der Waals surface area (Å²) < 4.78 is 3.99. The van der Waals surface area contributed by atoms with Crippen molar-refractivity contribution in [3.8, 4) is 5.69 Å². The second kappa shape index (κ2) is 8.23. The molecule has 31 heavy (non-hydrogen) atoms. The largest absolute Gasteiger partial charge is 0.318 e. The van der Waals surface area contributed by atoms with Crippen LogP contribution in [0, 0.1) is 24.0 Å². The summed E-state index contributed by atoms with van der Waals surface area (Å²) >= 11 is 5.96. The number of aryl methyl sites for hydroxylation is 2. The number of hydrogen-bond donors (Lipinski definition) is 1. The fourth-order valence-electron chi connectivity index (χ4n) is 3.74. The molecule has 0 saturated heterocycles. The van der Waals surface area contributed by atoms with Gasteiger partial charge in [-0.25, -0.2) is 10.4 Å². The van der Waals surface area contributed by atoms with Gasteiger partial charge in [0.2, 0.25) is 5.95 Å². The third-order valence-electron chi connectivity index (χ3n) is 5.19. The number of rotatable bonds is 6. The Morgan fingerprint density at radius 2 is 2.00 bits per heavy atom. The number of hydrogen-bond acceptors (Lipinski definition) is 5. The van der Waals surface area contributed by atoms with Gasteiger partial charge >= 0.3 is 0 Å². The number of aromatic nitrogens is 3. The predicted molar refractivity (Wildman–Crippen MR) is 124 cm³/mol. The fourth-order valence-corrected chi connectivity index (χ4v) is 3.92. The summed E-state index contributed by atoms with van der Waals surface area (Å²) in [7, 11) is 0. The number of anilines is 1. The van der Waals surface area contributed by atoms with Gasteiger partial charge in [-0.1, -0.05) is 23.7 Å². The highest BCUT2D eigenvalue weighted by Crippen LogP contribution is 2.29. The molecule has 2 heterocycles. The van der Waals surface area contributed by atoms with Crippen LogP contribution in [-0.2, 0) is 6.54 Å². The van der Waals surface area contributed by atoms with Gasteiger partial charge in [-0.15, -0.1) is 0 Å². The lowest BCUT2D eigenvalue weighted by atomic mass is 10.2. The first kappa shape index (κ1) is 20.6. The average molecular weight is 437 g/mol. The monoisotopic (exact) mass is 436 g/mol. The van der Waals surface area contributed by atoms with Crippen molar-refractivity contribution < 1.29 is 4.92 Å². The van der Waals surface area contributed by atoms with Crippen LogP contribution in [0.2, 0.25) is 5.02 Å². The number of nitrogens with one attached hydrogen (secondary N) is 1. The number of benzene rings is 2. The quantitative estimate of drug-likeness (QED) is 0.246. The molecule has 8 nitrogen and oxygen atoms in total. The number of nitro groups is 1. The molecule has 0 unspecified atom stereocenters. The zero-order chi connectivity index (χ0) is 22.1. The molecule has 0 aliphatic heterocycles. The van der Waals surface area contributed by atoms with Gasteiger partial charge in [0.05, 0.1) is 27.9 Å². The van der Waals surface area contributed by atoms with E-state index in [-0.39, 0.29) is 10.7 Å². The maximum absolute atomic E-state index is 11.2. The number of nitrogens with zero attached hydrogens (tertiary/aromatic N) is 5. The molecule has 0 aliphatic rings. The minimum absolute atomic E-state index is 0.112. The van der Waals surface area contributed by atoms with Crippen molar-refractivity contribution in [3.05, 3.63) is 80.6 Å². The smallest absolute Gasteiger partial charge is 0.289 e. The molecule has 0 saturated carbocycles. The van der Waals surface area contributed by atoms with E-state index in [2.05, 4.69) is 27.0 Å². The minimum Gasteiger partial charge on any atom is -0.318 e. The topological polar surface area (TPSA) is 90.3 Å². The number of halogens is 1. The van der Waals surface area contributed by atoms with E-state index in [1.54, 1.807) is 18.3 Å². The molecule has 2 aromatic heterocycles. The van der Waals surface area contributed by atoms with Crippen molar-refractivity contribution in [1.29, 1.82) is 0 Å². The van der Waals surface area contributed by atoms with Crippen molar-refractivity contribution in [2.45, 2.75) is 27.3 Å². The summed E-state index contributed by atoms with van der Waals surface area (Å²) in [5, 5.41) is 15.7. The second-order valence-electron chi connectivity index (χ2n) is 7.09. The molecule has 0 fully saturated rings. The van der Waals surface area contributed by atoms with Crippen LogP contribution in [0.5, 0.6) is 0 Å². The van der Waals surface area contributed by atoms with E-state index in [1.807, 2.05) is 48.7 Å². The number of hydrazone groups is 1. The van der Waals surface area contributed by atoms with E-state index in [1.165, 1.54) is 6.07 Å². The highest BCUT2D eigenvalue weighted by molar-refractivity contribution is 6.32. The van der Waals surface area contributed by atoms with Crippen molar-refractivity contribution in [3.63, 3.8) is 0 Å². The van der Waals surface area contributed by atoms with Crippen molar-refractivity contribution >= 4 is 40.5 Å². The van der Waals surface area contributed by atoms with Gasteiger partial charge in [0, 0.05) is 29.6 Å². The summed E-state index contributed by atoms with van der Waals surface area (Å²) in [5.74, 6) is 0.669. The lowest BCUT2D eigenvalue weighted by Crippen LogP contribution is -2.03. The molecular formula is C22H21ClN6O2. The van der Waals surface area contributed by atoms with Crippen molar-refractivity contribution in [2.24, 2.45) is 5.10 Å². The number of nitro benzene ring substituents is 1. The van der Waals surface area contributed by atoms with E-state index < -0.39 is 4.92 Å². The minimum atomic E-state index is -0.480. The first-order chi connectivity index (χ1) is 14.9. The highest BCUT2D eigenvalue weighted by Gasteiger charge is 2.16. The van der Waals surface area contributed by atoms with Crippen LogP contribution < -0.4 is 5.43 Å². The highest BCUT2D eigenvalue weighted by atomic mass is 35.5. The van der Waals surface area contributed by atoms with Crippen LogP contribution in [0.4, 0.5) is 11.6 Å². The van der Waals surface area contributed by atoms with E-state index in [9.17, 15) is 10.1 Å². The molecule has 4 rings (SSSR count). The van der Waals surface area contributed by atoms with Gasteiger partial charge in [-0.2, -0.15) is 5.10 Å². The Balaban J connectivity index is 1.64. The Hall–Kier alpha value is -3.65. The van der Waals surface area contributed by atoms with Gasteiger partial charge in [0.25, 0.3) is 5.69 Å². The molecule has 4 aromatic rings. The molecule has 0 amide bonds. The third kappa shape index (κ3) is 3.77. The van der Waals surface area contributed by atoms with Crippen LogP contribution in [-0.4, -0.2) is 25.3 Å². The molecule has 9 heteroatoms. The van der Waals surface area contributed by atoms with Gasteiger partial charge < -0.3 is 9.13 Å². The number of fused-ring (bicyclic) bond motifs is 1. The molecule has 158 valence electrons. The summed E-state index contributed by atoms with van der Waals surface area (Å²) in [5.41, 5.74) is 8.26. The van der Waals surface area contributed by atoms with Gasteiger partial charge in [0.1, 0.15) is 5.02 Å². The van der Waals surface area contributed by atoms with Crippen molar-refractivity contribution in [2.75, 3.05) is 5.43 Å². The Bertz CT molecular complexity index is 1320. The van der Waals surface area contributed by atoms with Crippen LogP contribution in [0.3, 0.4) is 0 Å². The fraction of sp³-hybridized carbons (Fsp3) is 0.182. The molecule has 0 radical (unpaired) electrons. The molecule has 2 aromatic carbocycles. The first-order valence-corrected chi connectivity index (χ1v) is 10.2. The maximum Gasteiger partial charge on any atom is 0.289 e. The zero-order valence-corrected chi connectivity index (χ0v) is 18.1. The lowest BCUT2D eigenvalue weighted by molar-refractivity contribution is -0.384. The summed E-state index contributed by atoms with van der Waals surface area (Å²) in [6.07, 6.45) is 1.72. The molecule has 1 N–H and O–H groups in total. The number of imidazole rings is 1. The molecular weight excluding hydrogens is 416 g/mol. The SMILES string of the molecule is CCn1c(N/N=C\c2cc(C)n(-c3ccc(Cl)c([N+](=O)[O-])c3)c2C)nc2ccccc21. The molecule has 0 aliphatic carbocycles. The molecule has 0 bridgehead atoms. The van der Waals surface area contributed by atoms with Gasteiger partial charge in [-0.05, 0) is 51.1 Å². The van der Waals surface area contributed by atoms with Crippen LogP contribution >= 0.6 is 11.6 Å². The summed E-state index contributed by atoms with van der Waals surface area (Å²) in [6.45, 7) is 6.70. The van der Waals surface area contributed by atoms with Gasteiger partial charge in [0.15, 0.2) is 0 Å². The average Bonchev–Trinajstić information content (AvgIpc) is 3.24. The molecule has 0 spiro atoms. The normalized spacial score (nSPS) is 11.5. The van der Waals surface area contributed by atoms with E-state index in [0.29, 0.717) is 11.6 Å².